The summed E-state index contributed by atoms with van der Waals surface area (Å²) in [6, 6.07) is -0.176. The van der Waals surface area contributed by atoms with Gasteiger partial charge in [0.2, 0.25) is 0 Å². The molecule has 0 aromatic carbocycles. The molecule has 0 radical (unpaired) electrons. The van der Waals surface area contributed by atoms with Gasteiger partial charge in [0.05, 0.1) is 0 Å². The molecular formula is C7H12N4OS. The van der Waals surface area contributed by atoms with Crippen LogP contribution in [0.5, 0.6) is 0 Å². The molecule has 0 aliphatic heterocycles. The van der Waals surface area contributed by atoms with E-state index in [0.717, 1.165) is 0 Å². The van der Waals surface area contributed by atoms with Gasteiger partial charge < -0.3 is 4.90 Å². The zero-order valence-electron chi connectivity index (χ0n) is 8.11. The number of aromatic nitrogens is 3. The Bertz CT molecular complexity index is 320. The zero-order chi connectivity index (χ0) is 10.0. The van der Waals surface area contributed by atoms with Crippen molar-refractivity contribution in [3.05, 3.63) is 5.82 Å². The predicted octanol–water partition coefficient (Wildman–Crippen LogP) is 0.838. The SMILES string of the molecule is CSc1nc(C)nn1C(=O)N(C)C. The first-order valence-corrected chi connectivity index (χ1v) is 4.98. The number of amides is 1. The molecule has 0 aliphatic carbocycles. The highest BCUT2D eigenvalue weighted by molar-refractivity contribution is 7.98. The van der Waals surface area contributed by atoms with Gasteiger partial charge in [-0.05, 0) is 13.2 Å². The van der Waals surface area contributed by atoms with Crippen LogP contribution in [0.1, 0.15) is 5.82 Å². The number of hydrogen-bond acceptors (Lipinski definition) is 4. The Morgan fingerprint density at radius 3 is 2.62 bits per heavy atom. The fourth-order valence-corrected chi connectivity index (χ4v) is 1.36. The molecule has 0 atom stereocenters. The summed E-state index contributed by atoms with van der Waals surface area (Å²) in [6.07, 6.45) is 1.86. The van der Waals surface area contributed by atoms with Crippen LogP contribution in [-0.4, -0.2) is 46.0 Å². The Hall–Kier alpha value is -1.04. The predicted molar refractivity (Wildman–Crippen MR) is 51.0 cm³/mol. The smallest absolute Gasteiger partial charge is 0.329 e. The second-order valence-electron chi connectivity index (χ2n) is 2.73. The minimum atomic E-state index is -0.176. The van der Waals surface area contributed by atoms with Crippen molar-refractivity contribution in [3.63, 3.8) is 0 Å². The van der Waals surface area contributed by atoms with Crippen LogP contribution in [-0.2, 0) is 0 Å². The maximum Gasteiger partial charge on any atom is 0.346 e. The lowest BCUT2D eigenvalue weighted by molar-refractivity contribution is 0.213. The molecule has 1 aromatic heterocycles. The number of aryl methyl sites for hydroxylation is 1. The molecule has 1 amide bonds. The quantitative estimate of drug-likeness (QED) is 0.630. The summed E-state index contributed by atoms with van der Waals surface area (Å²) in [5.41, 5.74) is 0. The van der Waals surface area contributed by atoms with E-state index < -0.39 is 0 Å². The fraction of sp³-hybridized carbons (Fsp3) is 0.571. The third kappa shape index (κ3) is 2.00. The monoisotopic (exact) mass is 200 g/mol. The minimum absolute atomic E-state index is 0.176. The number of carbonyl (C=O) groups is 1. The summed E-state index contributed by atoms with van der Waals surface area (Å²) in [5, 5.41) is 4.62. The molecule has 0 N–H and O–H groups in total. The van der Waals surface area contributed by atoms with E-state index in [-0.39, 0.29) is 6.03 Å². The Morgan fingerprint density at radius 1 is 1.54 bits per heavy atom. The van der Waals surface area contributed by atoms with E-state index in [4.69, 9.17) is 0 Å². The number of rotatable bonds is 1. The van der Waals surface area contributed by atoms with Crippen LogP contribution in [0.3, 0.4) is 0 Å². The van der Waals surface area contributed by atoms with Crippen molar-refractivity contribution >= 4 is 17.8 Å². The van der Waals surface area contributed by atoms with Crippen LogP contribution in [0.25, 0.3) is 0 Å². The Labute approximate surface area is 81.1 Å². The summed E-state index contributed by atoms with van der Waals surface area (Å²) in [5.74, 6) is 0.611. The van der Waals surface area contributed by atoms with Crippen molar-refractivity contribution in [3.8, 4) is 0 Å². The van der Waals surface area contributed by atoms with E-state index in [1.807, 2.05) is 6.26 Å². The second-order valence-corrected chi connectivity index (χ2v) is 3.51. The summed E-state index contributed by atoms with van der Waals surface area (Å²) in [4.78, 5) is 17.1. The number of hydrogen-bond donors (Lipinski definition) is 0. The van der Waals surface area contributed by atoms with Crippen molar-refractivity contribution in [2.45, 2.75) is 12.1 Å². The van der Waals surface area contributed by atoms with E-state index in [9.17, 15) is 4.79 Å². The molecule has 13 heavy (non-hydrogen) atoms. The van der Waals surface area contributed by atoms with Crippen LogP contribution in [0.2, 0.25) is 0 Å². The van der Waals surface area contributed by atoms with Crippen LogP contribution >= 0.6 is 11.8 Å². The summed E-state index contributed by atoms with van der Waals surface area (Å²) in [7, 11) is 3.37. The number of carbonyl (C=O) groups excluding carboxylic acids is 1. The molecule has 0 spiro atoms. The molecule has 1 rings (SSSR count). The van der Waals surface area contributed by atoms with Gasteiger partial charge in [0.25, 0.3) is 0 Å². The van der Waals surface area contributed by atoms with E-state index in [1.54, 1.807) is 21.0 Å². The Balaban J connectivity index is 3.05. The molecule has 0 aliphatic rings. The lowest BCUT2D eigenvalue weighted by Crippen LogP contribution is -2.28. The third-order valence-corrected chi connectivity index (χ3v) is 2.06. The first-order valence-electron chi connectivity index (χ1n) is 3.75. The first kappa shape index (κ1) is 10.0. The van der Waals surface area contributed by atoms with Gasteiger partial charge in [-0.3, -0.25) is 0 Å². The highest BCUT2D eigenvalue weighted by Gasteiger charge is 2.14. The van der Waals surface area contributed by atoms with Crippen LogP contribution in [0.4, 0.5) is 4.79 Å². The van der Waals surface area contributed by atoms with Gasteiger partial charge in [0.15, 0.2) is 5.16 Å². The van der Waals surface area contributed by atoms with E-state index >= 15 is 0 Å². The highest BCUT2D eigenvalue weighted by atomic mass is 32.2. The third-order valence-electron chi connectivity index (χ3n) is 1.43. The molecule has 0 saturated heterocycles. The van der Waals surface area contributed by atoms with Gasteiger partial charge in [-0.15, -0.1) is 5.10 Å². The van der Waals surface area contributed by atoms with Gasteiger partial charge in [0.1, 0.15) is 5.82 Å². The maximum absolute atomic E-state index is 11.5. The van der Waals surface area contributed by atoms with Gasteiger partial charge in [-0.1, -0.05) is 11.8 Å². The molecular weight excluding hydrogens is 188 g/mol. The highest BCUT2D eigenvalue weighted by Crippen LogP contribution is 2.11. The maximum atomic E-state index is 11.5. The standard InChI is InChI=1S/C7H12N4OS/c1-5-8-6(13-4)11(9-5)7(12)10(2)3/h1-4H3. The van der Waals surface area contributed by atoms with Crippen molar-refractivity contribution < 1.29 is 4.79 Å². The zero-order valence-corrected chi connectivity index (χ0v) is 8.92. The number of nitrogens with zero attached hydrogens (tertiary/aromatic N) is 4. The average Bonchev–Trinajstić information content (AvgIpc) is 2.45. The summed E-state index contributed by atoms with van der Waals surface area (Å²) >= 11 is 1.40. The largest absolute Gasteiger partial charge is 0.346 e. The van der Waals surface area contributed by atoms with Crippen molar-refractivity contribution in [1.82, 2.24) is 19.7 Å². The van der Waals surface area contributed by atoms with Crippen LogP contribution in [0.15, 0.2) is 5.16 Å². The number of thioether (sulfide) groups is 1. The van der Waals surface area contributed by atoms with Gasteiger partial charge >= 0.3 is 6.03 Å². The van der Waals surface area contributed by atoms with E-state index in [1.165, 1.54) is 21.3 Å². The average molecular weight is 200 g/mol. The van der Waals surface area contributed by atoms with Gasteiger partial charge in [0, 0.05) is 14.1 Å². The molecule has 0 unspecified atom stereocenters. The Morgan fingerprint density at radius 2 is 2.15 bits per heavy atom. The molecule has 5 nitrogen and oxygen atoms in total. The minimum Gasteiger partial charge on any atom is -0.329 e. The van der Waals surface area contributed by atoms with Crippen LogP contribution in [0, 0.1) is 6.92 Å². The lowest BCUT2D eigenvalue weighted by atomic mass is 10.8. The molecule has 72 valence electrons. The van der Waals surface area contributed by atoms with Gasteiger partial charge in [-0.2, -0.15) is 4.68 Å². The molecule has 0 fully saturated rings. The summed E-state index contributed by atoms with van der Waals surface area (Å²) in [6.45, 7) is 1.76. The van der Waals surface area contributed by atoms with E-state index in [0.29, 0.717) is 11.0 Å². The first-order chi connectivity index (χ1) is 6.06. The Kier molecular flexibility index (Phi) is 2.92. The fourth-order valence-electron chi connectivity index (χ4n) is 0.842. The molecule has 1 aromatic rings. The van der Waals surface area contributed by atoms with Crippen molar-refractivity contribution in [1.29, 1.82) is 0 Å². The molecule has 0 saturated carbocycles. The van der Waals surface area contributed by atoms with E-state index in [2.05, 4.69) is 10.1 Å². The molecule has 1 heterocycles. The normalized spacial score (nSPS) is 10.2. The van der Waals surface area contributed by atoms with Crippen LogP contribution < -0.4 is 0 Å². The lowest BCUT2D eigenvalue weighted by Gasteiger charge is -2.09. The second kappa shape index (κ2) is 3.78. The molecule has 6 heteroatoms. The molecule has 0 bridgehead atoms. The summed E-state index contributed by atoms with van der Waals surface area (Å²) < 4.78 is 1.31. The van der Waals surface area contributed by atoms with Crippen molar-refractivity contribution in [2.75, 3.05) is 20.4 Å². The topological polar surface area (TPSA) is 51.0 Å². The van der Waals surface area contributed by atoms with Crippen molar-refractivity contribution in [2.24, 2.45) is 0 Å². The van der Waals surface area contributed by atoms with Gasteiger partial charge in [-0.25, -0.2) is 9.78 Å².